The topological polar surface area (TPSA) is 47.9 Å². The van der Waals surface area contributed by atoms with Crippen LogP contribution in [0.15, 0.2) is 41.4 Å². The molecule has 108 valence electrons. The van der Waals surface area contributed by atoms with Crippen molar-refractivity contribution in [2.24, 2.45) is 4.99 Å². The molecule has 2 aromatic rings. The molecular weight excluding hydrogens is 266 g/mol. The van der Waals surface area contributed by atoms with E-state index in [4.69, 9.17) is 9.47 Å². The van der Waals surface area contributed by atoms with Crippen LogP contribution in [0.25, 0.3) is 10.8 Å². The van der Waals surface area contributed by atoms with Gasteiger partial charge in [0.2, 0.25) is 0 Å². The smallest absolute Gasteiger partial charge is 0.181 e. The average molecular weight is 283 g/mol. The van der Waals surface area contributed by atoms with Crippen molar-refractivity contribution in [1.29, 1.82) is 0 Å². The molecule has 0 spiro atoms. The Balaban J connectivity index is 2.05. The van der Waals surface area contributed by atoms with Crippen LogP contribution in [0.5, 0.6) is 5.75 Å². The first-order chi connectivity index (χ1) is 10.2. The van der Waals surface area contributed by atoms with Crippen molar-refractivity contribution in [1.82, 2.24) is 0 Å². The van der Waals surface area contributed by atoms with Crippen LogP contribution in [0, 0.1) is 0 Å². The second-order valence-corrected chi connectivity index (χ2v) is 5.11. The molecule has 0 aromatic heterocycles. The highest BCUT2D eigenvalue weighted by atomic mass is 16.5. The minimum atomic E-state index is -0.506. The van der Waals surface area contributed by atoms with Gasteiger partial charge in [0.25, 0.3) is 0 Å². The Labute approximate surface area is 123 Å². The quantitative estimate of drug-likeness (QED) is 0.811. The van der Waals surface area contributed by atoms with Gasteiger partial charge in [-0.25, -0.2) is 4.99 Å². The number of aliphatic imine (C=N–C) groups is 1. The lowest BCUT2D eigenvalue weighted by molar-refractivity contribution is -0.114. The van der Waals surface area contributed by atoms with E-state index in [1.807, 2.05) is 24.3 Å². The lowest BCUT2D eigenvalue weighted by Gasteiger charge is -2.16. The van der Waals surface area contributed by atoms with Crippen LogP contribution in [0.1, 0.15) is 12.5 Å². The van der Waals surface area contributed by atoms with Crippen LogP contribution in [-0.2, 0) is 16.0 Å². The zero-order valence-electron chi connectivity index (χ0n) is 12.1. The van der Waals surface area contributed by atoms with Crippen molar-refractivity contribution in [2.45, 2.75) is 25.5 Å². The molecule has 4 nitrogen and oxygen atoms in total. The summed E-state index contributed by atoms with van der Waals surface area (Å²) in [5, 5.41) is 2.27. The normalized spacial score (nSPS) is 21.0. The van der Waals surface area contributed by atoms with Crippen LogP contribution in [0.4, 0.5) is 0 Å². The first-order valence-corrected chi connectivity index (χ1v) is 6.94. The second kappa shape index (κ2) is 5.56. The summed E-state index contributed by atoms with van der Waals surface area (Å²) in [4.78, 5) is 15.6. The maximum absolute atomic E-state index is 11.1. The summed E-state index contributed by atoms with van der Waals surface area (Å²) in [6.07, 6.45) is 0.932. The molecule has 3 rings (SSSR count). The predicted octanol–water partition coefficient (Wildman–Crippen LogP) is 2.78. The molecule has 4 heteroatoms. The maximum Gasteiger partial charge on any atom is 0.181 e. The van der Waals surface area contributed by atoms with Crippen LogP contribution in [0.2, 0.25) is 0 Å². The summed E-state index contributed by atoms with van der Waals surface area (Å²) in [5.74, 6) is 1.38. The molecule has 0 amide bonds. The van der Waals surface area contributed by atoms with Crippen molar-refractivity contribution in [3.8, 4) is 5.75 Å². The number of methoxy groups -OCH3 is 1. The van der Waals surface area contributed by atoms with E-state index < -0.39 is 6.10 Å². The molecule has 0 radical (unpaired) electrons. The molecule has 0 bridgehead atoms. The van der Waals surface area contributed by atoms with Crippen molar-refractivity contribution in [3.05, 3.63) is 42.0 Å². The molecule has 0 aliphatic carbocycles. The van der Waals surface area contributed by atoms with Gasteiger partial charge in [-0.15, -0.1) is 0 Å². The van der Waals surface area contributed by atoms with Crippen molar-refractivity contribution in [2.75, 3.05) is 7.11 Å². The molecule has 1 heterocycles. The van der Waals surface area contributed by atoms with E-state index in [1.165, 1.54) is 0 Å². The number of rotatable bonds is 4. The Morgan fingerprint density at radius 2 is 2.10 bits per heavy atom. The number of carbonyl (C=O) groups excluding carboxylic acids is 1. The largest absolute Gasteiger partial charge is 0.496 e. The van der Waals surface area contributed by atoms with Gasteiger partial charge in [-0.3, -0.25) is 4.79 Å². The Kier molecular flexibility index (Phi) is 3.60. The molecule has 1 aliphatic rings. The monoisotopic (exact) mass is 283 g/mol. The van der Waals surface area contributed by atoms with Gasteiger partial charge in [0.15, 0.2) is 18.3 Å². The number of fused-ring (bicyclic) bond motifs is 1. The highest BCUT2D eigenvalue weighted by Gasteiger charge is 2.30. The van der Waals surface area contributed by atoms with E-state index in [9.17, 15) is 4.79 Å². The molecule has 1 aliphatic heterocycles. The lowest BCUT2D eigenvalue weighted by atomic mass is 9.96. The van der Waals surface area contributed by atoms with Crippen LogP contribution in [-0.4, -0.2) is 31.4 Å². The second-order valence-electron chi connectivity index (χ2n) is 5.11. The molecule has 0 fully saturated rings. The Hall–Kier alpha value is -2.36. The fraction of sp³-hybridized carbons (Fsp3) is 0.294. The van der Waals surface area contributed by atoms with Crippen LogP contribution in [0.3, 0.4) is 0 Å². The fourth-order valence-electron chi connectivity index (χ4n) is 2.82. The molecule has 0 saturated carbocycles. The first kappa shape index (κ1) is 13.6. The summed E-state index contributed by atoms with van der Waals surface area (Å²) in [5.41, 5.74) is 1.06. The highest BCUT2D eigenvalue weighted by molar-refractivity contribution is 5.88. The minimum Gasteiger partial charge on any atom is -0.496 e. The predicted molar refractivity (Wildman–Crippen MR) is 82.0 cm³/mol. The van der Waals surface area contributed by atoms with Crippen molar-refractivity contribution >= 4 is 23.0 Å². The number of ether oxygens (including phenoxy) is 2. The highest BCUT2D eigenvalue weighted by Crippen LogP contribution is 2.31. The number of carbonyl (C=O) groups is 1. The Bertz CT molecular complexity index is 708. The Morgan fingerprint density at radius 3 is 2.86 bits per heavy atom. The van der Waals surface area contributed by atoms with Gasteiger partial charge in [0.05, 0.1) is 7.11 Å². The number of nitrogens with zero attached hydrogens (tertiary/aromatic N) is 1. The summed E-state index contributed by atoms with van der Waals surface area (Å²) >= 11 is 0. The van der Waals surface area contributed by atoms with E-state index in [0.29, 0.717) is 12.3 Å². The average Bonchev–Trinajstić information content (AvgIpc) is 2.87. The molecule has 0 N–H and O–H groups in total. The summed E-state index contributed by atoms with van der Waals surface area (Å²) in [6.45, 7) is 1.77. The van der Waals surface area contributed by atoms with Gasteiger partial charge in [0.1, 0.15) is 11.8 Å². The van der Waals surface area contributed by atoms with Crippen LogP contribution >= 0.6 is 0 Å². The number of hydrogen-bond acceptors (Lipinski definition) is 4. The van der Waals surface area contributed by atoms with Gasteiger partial charge >= 0.3 is 0 Å². The molecule has 2 unspecified atom stereocenters. The van der Waals surface area contributed by atoms with Gasteiger partial charge in [-0.2, -0.15) is 0 Å². The van der Waals surface area contributed by atoms with E-state index in [1.54, 1.807) is 14.0 Å². The van der Waals surface area contributed by atoms with E-state index >= 15 is 0 Å². The van der Waals surface area contributed by atoms with Crippen molar-refractivity contribution < 1.29 is 14.3 Å². The minimum absolute atomic E-state index is 0.192. The van der Waals surface area contributed by atoms with E-state index in [-0.39, 0.29) is 6.04 Å². The third-order valence-corrected chi connectivity index (χ3v) is 3.80. The standard InChI is InChI=1S/C17H17NO3/c1-11-18-15(17(10-19)21-11)9-14-13-6-4-3-5-12(13)7-8-16(14)20-2/h3-8,10,15,17H,9H2,1-2H3. The zero-order valence-corrected chi connectivity index (χ0v) is 12.1. The van der Waals surface area contributed by atoms with Crippen LogP contribution < -0.4 is 4.74 Å². The molecule has 2 aromatic carbocycles. The Morgan fingerprint density at radius 1 is 1.29 bits per heavy atom. The van der Waals surface area contributed by atoms with Gasteiger partial charge in [-0.05, 0) is 16.8 Å². The van der Waals surface area contributed by atoms with E-state index in [2.05, 4.69) is 17.1 Å². The van der Waals surface area contributed by atoms with Gasteiger partial charge in [0, 0.05) is 18.9 Å². The zero-order chi connectivity index (χ0) is 14.8. The van der Waals surface area contributed by atoms with Gasteiger partial charge < -0.3 is 9.47 Å². The van der Waals surface area contributed by atoms with E-state index in [0.717, 1.165) is 28.4 Å². The van der Waals surface area contributed by atoms with Gasteiger partial charge in [-0.1, -0.05) is 30.3 Å². The maximum atomic E-state index is 11.1. The number of hydrogen-bond donors (Lipinski definition) is 0. The van der Waals surface area contributed by atoms with Crippen molar-refractivity contribution in [3.63, 3.8) is 0 Å². The summed E-state index contributed by atoms with van der Waals surface area (Å²) in [7, 11) is 1.66. The lowest BCUT2D eigenvalue weighted by Crippen LogP contribution is -2.26. The molecule has 21 heavy (non-hydrogen) atoms. The molecular formula is C17H17NO3. The SMILES string of the molecule is COc1ccc2ccccc2c1CC1N=C(C)OC1C=O. The summed E-state index contributed by atoms with van der Waals surface area (Å²) in [6, 6.07) is 11.9. The number of benzene rings is 2. The summed E-state index contributed by atoms with van der Waals surface area (Å²) < 4.78 is 10.9. The fourth-order valence-corrected chi connectivity index (χ4v) is 2.82. The first-order valence-electron chi connectivity index (χ1n) is 6.94. The number of aldehydes is 1. The molecule has 0 saturated heterocycles. The third-order valence-electron chi connectivity index (χ3n) is 3.80. The third kappa shape index (κ3) is 2.49. The molecule has 2 atom stereocenters.